The molecule has 88 valence electrons. The molecule has 1 aromatic carbocycles. The van der Waals surface area contributed by atoms with Crippen molar-refractivity contribution in [1.29, 1.82) is 0 Å². The summed E-state index contributed by atoms with van der Waals surface area (Å²) in [5.74, 6) is 0. The molecule has 1 heterocycles. The molecule has 2 N–H and O–H groups in total. The average Bonchev–Trinajstić information content (AvgIpc) is 2.83. The second-order valence-electron chi connectivity index (χ2n) is 3.50. The number of nitrogens with one attached hydrogen (secondary N) is 1. The van der Waals surface area contributed by atoms with Crippen LogP contribution in [0.15, 0.2) is 35.5 Å². The van der Waals surface area contributed by atoms with Gasteiger partial charge in [0.2, 0.25) is 0 Å². The minimum Gasteiger partial charge on any atom is -0.411 e. The largest absolute Gasteiger partial charge is 0.411 e. The van der Waals surface area contributed by atoms with Crippen LogP contribution in [0.5, 0.6) is 0 Å². The van der Waals surface area contributed by atoms with Gasteiger partial charge in [-0.2, -0.15) is 0 Å². The Kier molecular flexibility index (Phi) is 3.39. The van der Waals surface area contributed by atoms with Crippen LogP contribution in [-0.4, -0.2) is 23.0 Å². The quantitative estimate of drug-likeness (QED) is 0.498. The van der Waals surface area contributed by atoms with Gasteiger partial charge in [0, 0.05) is 12.6 Å². The van der Waals surface area contributed by atoms with Gasteiger partial charge in [0.1, 0.15) is 0 Å². The van der Waals surface area contributed by atoms with Gasteiger partial charge in [-0.25, -0.2) is 4.98 Å². The molecular formula is C12H13N3OS. The number of thiazole rings is 1. The highest BCUT2D eigenvalue weighted by atomic mass is 32.1. The molecule has 0 saturated heterocycles. The minimum absolute atomic E-state index is 0.572. The molecule has 0 aliphatic carbocycles. The highest BCUT2D eigenvalue weighted by Gasteiger charge is 2.14. The molecule has 2 aromatic rings. The van der Waals surface area contributed by atoms with E-state index in [1.807, 2.05) is 37.4 Å². The summed E-state index contributed by atoms with van der Waals surface area (Å²) >= 11 is 1.47. The third-order valence-electron chi connectivity index (χ3n) is 2.37. The van der Waals surface area contributed by atoms with Gasteiger partial charge in [0.15, 0.2) is 5.13 Å². The van der Waals surface area contributed by atoms with E-state index in [2.05, 4.69) is 15.5 Å². The van der Waals surface area contributed by atoms with Crippen LogP contribution >= 0.6 is 11.3 Å². The van der Waals surface area contributed by atoms with Crippen LogP contribution < -0.4 is 5.32 Å². The van der Waals surface area contributed by atoms with Crippen molar-refractivity contribution in [2.75, 3.05) is 12.4 Å². The molecule has 17 heavy (non-hydrogen) atoms. The van der Waals surface area contributed by atoms with E-state index in [4.69, 9.17) is 5.21 Å². The SMILES string of the molecule is CNc1nc(-c2ccccc2)c(/C(C)=N/O)s1. The molecule has 0 radical (unpaired) electrons. The lowest BCUT2D eigenvalue weighted by Gasteiger charge is -1.99. The summed E-state index contributed by atoms with van der Waals surface area (Å²) < 4.78 is 0. The summed E-state index contributed by atoms with van der Waals surface area (Å²) in [6.07, 6.45) is 0. The number of hydrogen-bond donors (Lipinski definition) is 2. The first-order valence-corrected chi connectivity index (χ1v) is 6.01. The van der Waals surface area contributed by atoms with E-state index in [9.17, 15) is 0 Å². The maximum absolute atomic E-state index is 8.89. The number of hydrogen-bond acceptors (Lipinski definition) is 5. The lowest BCUT2D eigenvalue weighted by atomic mass is 10.1. The maximum atomic E-state index is 8.89. The number of anilines is 1. The van der Waals surface area contributed by atoms with Gasteiger partial charge in [-0.15, -0.1) is 0 Å². The van der Waals surface area contributed by atoms with Crippen molar-refractivity contribution in [3.63, 3.8) is 0 Å². The van der Waals surface area contributed by atoms with E-state index in [-0.39, 0.29) is 0 Å². The molecule has 0 amide bonds. The van der Waals surface area contributed by atoms with Crippen LogP contribution in [-0.2, 0) is 0 Å². The lowest BCUT2D eigenvalue weighted by molar-refractivity contribution is 0.319. The fourth-order valence-electron chi connectivity index (χ4n) is 1.51. The first-order chi connectivity index (χ1) is 8.26. The summed E-state index contributed by atoms with van der Waals surface area (Å²) in [5.41, 5.74) is 2.43. The molecule has 0 saturated carbocycles. The zero-order valence-electron chi connectivity index (χ0n) is 9.64. The van der Waals surface area contributed by atoms with Gasteiger partial charge in [-0.1, -0.05) is 46.8 Å². The number of nitrogens with zero attached hydrogens (tertiary/aromatic N) is 2. The van der Waals surface area contributed by atoms with Gasteiger partial charge >= 0.3 is 0 Å². The van der Waals surface area contributed by atoms with E-state index in [0.29, 0.717) is 5.71 Å². The molecule has 0 aliphatic heterocycles. The number of benzene rings is 1. The van der Waals surface area contributed by atoms with Gasteiger partial charge in [0.25, 0.3) is 0 Å². The second-order valence-corrected chi connectivity index (χ2v) is 4.50. The Balaban J connectivity index is 2.56. The van der Waals surface area contributed by atoms with Gasteiger partial charge in [-0.3, -0.25) is 0 Å². The van der Waals surface area contributed by atoms with Crippen LogP contribution in [0.2, 0.25) is 0 Å². The zero-order valence-corrected chi connectivity index (χ0v) is 10.5. The van der Waals surface area contributed by atoms with Crippen molar-refractivity contribution in [2.45, 2.75) is 6.92 Å². The predicted octanol–water partition coefficient (Wildman–Crippen LogP) is 3.05. The Labute approximate surface area is 104 Å². The monoisotopic (exact) mass is 247 g/mol. The smallest absolute Gasteiger partial charge is 0.183 e. The Hall–Kier alpha value is -1.88. The molecule has 0 unspecified atom stereocenters. The van der Waals surface area contributed by atoms with Crippen LogP contribution in [0, 0.1) is 0 Å². The van der Waals surface area contributed by atoms with Crippen molar-refractivity contribution < 1.29 is 5.21 Å². The summed E-state index contributed by atoms with van der Waals surface area (Å²) in [6, 6.07) is 9.86. The van der Waals surface area contributed by atoms with Crippen LogP contribution in [0.1, 0.15) is 11.8 Å². The Morgan fingerprint density at radius 1 is 1.35 bits per heavy atom. The molecule has 5 heteroatoms. The fourth-order valence-corrected chi connectivity index (χ4v) is 2.39. The lowest BCUT2D eigenvalue weighted by Crippen LogP contribution is -1.93. The molecule has 4 nitrogen and oxygen atoms in total. The van der Waals surface area contributed by atoms with Gasteiger partial charge < -0.3 is 10.5 Å². The zero-order chi connectivity index (χ0) is 12.3. The van der Waals surface area contributed by atoms with Crippen molar-refractivity contribution >= 4 is 22.2 Å². The molecule has 0 atom stereocenters. The molecule has 0 spiro atoms. The highest BCUT2D eigenvalue weighted by Crippen LogP contribution is 2.31. The third-order valence-corrected chi connectivity index (χ3v) is 3.55. The number of rotatable bonds is 3. The maximum Gasteiger partial charge on any atom is 0.183 e. The highest BCUT2D eigenvalue weighted by molar-refractivity contribution is 7.18. The minimum atomic E-state index is 0.572. The van der Waals surface area contributed by atoms with E-state index >= 15 is 0 Å². The Morgan fingerprint density at radius 2 is 2.06 bits per heavy atom. The second kappa shape index (κ2) is 4.97. The van der Waals surface area contributed by atoms with Gasteiger partial charge in [0.05, 0.1) is 16.3 Å². The summed E-state index contributed by atoms with van der Waals surface area (Å²) in [6.45, 7) is 1.76. The van der Waals surface area contributed by atoms with E-state index < -0.39 is 0 Å². The topological polar surface area (TPSA) is 57.5 Å². The number of aromatic nitrogens is 1. The first kappa shape index (κ1) is 11.6. The molecule has 1 aromatic heterocycles. The van der Waals surface area contributed by atoms with Crippen molar-refractivity contribution in [3.05, 3.63) is 35.2 Å². The molecule has 2 rings (SSSR count). The van der Waals surface area contributed by atoms with E-state index in [1.54, 1.807) is 6.92 Å². The molecular weight excluding hydrogens is 234 g/mol. The molecule has 0 aliphatic rings. The van der Waals surface area contributed by atoms with Crippen molar-refractivity contribution in [1.82, 2.24) is 4.98 Å². The van der Waals surface area contributed by atoms with E-state index in [1.165, 1.54) is 11.3 Å². The Morgan fingerprint density at radius 3 is 2.65 bits per heavy atom. The van der Waals surface area contributed by atoms with Crippen molar-refractivity contribution in [3.8, 4) is 11.3 Å². The first-order valence-electron chi connectivity index (χ1n) is 5.19. The summed E-state index contributed by atoms with van der Waals surface area (Å²) in [7, 11) is 1.82. The van der Waals surface area contributed by atoms with Crippen LogP contribution in [0.25, 0.3) is 11.3 Å². The summed E-state index contributed by atoms with van der Waals surface area (Å²) in [4.78, 5) is 5.36. The molecule has 0 fully saturated rings. The molecule has 0 bridgehead atoms. The normalized spacial score (nSPS) is 11.5. The third kappa shape index (κ3) is 2.29. The predicted molar refractivity (Wildman–Crippen MR) is 71.1 cm³/mol. The van der Waals surface area contributed by atoms with Gasteiger partial charge in [-0.05, 0) is 6.92 Å². The average molecular weight is 247 g/mol. The van der Waals surface area contributed by atoms with E-state index in [0.717, 1.165) is 21.3 Å². The summed E-state index contributed by atoms with van der Waals surface area (Å²) in [5, 5.41) is 16.0. The Bertz CT molecular complexity index is 534. The van der Waals surface area contributed by atoms with Crippen LogP contribution in [0.3, 0.4) is 0 Å². The van der Waals surface area contributed by atoms with Crippen LogP contribution in [0.4, 0.5) is 5.13 Å². The van der Waals surface area contributed by atoms with Crippen molar-refractivity contribution in [2.24, 2.45) is 5.16 Å². The standard InChI is InChI=1S/C12H13N3OS/c1-8(15-16)11-10(14-12(13-2)17-11)9-6-4-3-5-7-9/h3-7,16H,1-2H3,(H,13,14)/b15-8+. The number of oxime groups is 1. The fraction of sp³-hybridized carbons (Fsp3) is 0.167.